The average molecular weight is 617 g/mol. The Hall–Kier alpha value is -4.33. The topological polar surface area (TPSA) is 109 Å². The highest BCUT2D eigenvalue weighted by Crippen LogP contribution is 2.30. The number of rotatable bonds is 11. The predicted molar refractivity (Wildman–Crippen MR) is 171 cm³/mol. The summed E-state index contributed by atoms with van der Waals surface area (Å²) in [5, 5.41) is 10.3. The number of carbonyl (C=O) groups is 2. The highest BCUT2D eigenvalue weighted by molar-refractivity contribution is 6.30. The smallest absolute Gasteiger partial charge is 0.421 e. The molecule has 1 atom stereocenters. The molecule has 3 aromatic carbocycles. The first-order chi connectivity index (χ1) is 21.3. The van der Waals surface area contributed by atoms with Gasteiger partial charge in [0.15, 0.2) is 0 Å². The zero-order valence-electron chi connectivity index (χ0n) is 24.7. The summed E-state index contributed by atoms with van der Waals surface area (Å²) in [4.78, 5) is 27.5. The number of hydrogen-bond acceptors (Lipinski definition) is 7. The second-order valence-corrected chi connectivity index (χ2v) is 10.7. The number of hydrogen-bond donors (Lipinski definition) is 2. The number of amides is 1. The van der Waals surface area contributed by atoms with E-state index in [0.29, 0.717) is 28.5 Å². The third kappa shape index (κ3) is 9.59. The number of carboxylic acid groups (broad SMARTS) is 1. The van der Waals surface area contributed by atoms with Crippen LogP contribution in [0.3, 0.4) is 0 Å². The quantitative estimate of drug-likeness (QED) is 0.0782. The fourth-order valence-electron chi connectivity index (χ4n) is 4.97. The van der Waals surface area contributed by atoms with Crippen LogP contribution >= 0.6 is 11.6 Å². The van der Waals surface area contributed by atoms with Gasteiger partial charge >= 0.3 is 12.1 Å². The zero-order chi connectivity index (χ0) is 31.3. The number of nitrogens with two attached hydrogens (primary N) is 1. The minimum absolute atomic E-state index is 0.0981. The van der Waals surface area contributed by atoms with E-state index in [1.54, 1.807) is 6.08 Å². The van der Waals surface area contributed by atoms with Gasteiger partial charge in [-0.2, -0.15) is 0 Å². The normalized spacial score (nSPS) is 14.4. The summed E-state index contributed by atoms with van der Waals surface area (Å²) >= 11 is 6.18. The van der Waals surface area contributed by atoms with Crippen molar-refractivity contribution in [3.8, 4) is 17.6 Å². The summed E-state index contributed by atoms with van der Waals surface area (Å²) in [6.45, 7) is 4.98. The van der Waals surface area contributed by atoms with Crippen molar-refractivity contribution in [3.63, 3.8) is 0 Å². The second-order valence-electron chi connectivity index (χ2n) is 10.2. The molecule has 0 spiro atoms. The van der Waals surface area contributed by atoms with E-state index in [9.17, 15) is 9.59 Å². The Balaban J connectivity index is 1.35. The van der Waals surface area contributed by atoms with E-state index in [4.69, 9.17) is 32.0 Å². The van der Waals surface area contributed by atoms with Gasteiger partial charge in [-0.1, -0.05) is 65.9 Å². The van der Waals surface area contributed by atoms with E-state index in [1.165, 1.54) is 24.3 Å². The summed E-state index contributed by atoms with van der Waals surface area (Å²) in [5.41, 5.74) is 3.87. The van der Waals surface area contributed by atoms with Crippen LogP contribution in [0.15, 0.2) is 78.9 Å². The molecular formula is C34H37ClN4O5. The maximum Gasteiger partial charge on any atom is 0.421 e. The van der Waals surface area contributed by atoms with Gasteiger partial charge in [0.2, 0.25) is 0 Å². The lowest BCUT2D eigenvalue weighted by molar-refractivity contribution is -0.134. The number of carbonyl (C=O) groups excluding carboxylic acids is 1. The van der Waals surface area contributed by atoms with Crippen LogP contribution in [-0.2, 0) is 9.53 Å². The molecular weight excluding hydrogens is 580 g/mol. The van der Waals surface area contributed by atoms with Gasteiger partial charge in [0.05, 0.1) is 19.7 Å². The molecule has 1 saturated heterocycles. The molecule has 0 aliphatic carbocycles. The van der Waals surface area contributed by atoms with Gasteiger partial charge in [-0.15, -0.1) is 0 Å². The van der Waals surface area contributed by atoms with Gasteiger partial charge in [0.25, 0.3) is 0 Å². The molecule has 10 heteroatoms. The molecule has 0 saturated carbocycles. The molecule has 44 heavy (non-hydrogen) atoms. The van der Waals surface area contributed by atoms with Crippen LogP contribution in [-0.4, -0.2) is 85.0 Å². The molecule has 3 aromatic rings. The molecule has 0 aromatic heterocycles. The van der Waals surface area contributed by atoms with Gasteiger partial charge in [0.1, 0.15) is 12.4 Å². The van der Waals surface area contributed by atoms with Crippen molar-refractivity contribution in [1.82, 2.24) is 14.8 Å². The third-order valence-corrected chi connectivity index (χ3v) is 7.56. The van der Waals surface area contributed by atoms with Crippen molar-refractivity contribution in [2.45, 2.75) is 12.5 Å². The van der Waals surface area contributed by atoms with Gasteiger partial charge in [-0.25, -0.2) is 20.4 Å². The molecule has 1 aliphatic heterocycles. The lowest BCUT2D eigenvalue weighted by Crippen LogP contribution is -2.48. The van der Waals surface area contributed by atoms with Crippen molar-refractivity contribution in [1.29, 1.82) is 0 Å². The number of benzene rings is 3. The highest BCUT2D eigenvalue weighted by Gasteiger charge is 2.26. The molecule has 1 amide bonds. The number of nitrogens with zero attached hydrogens (tertiary/aromatic N) is 3. The van der Waals surface area contributed by atoms with Crippen molar-refractivity contribution < 1.29 is 24.2 Å². The van der Waals surface area contributed by atoms with E-state index in [2.05, 4.69) is 58.0 Å². The molecule has 1 heterocycles. The monoisotopic (exact) mass is 616 g/mol. The van der Waals surface area contributed by atoms with Crippen molar-refractivity contribution in [2.75, 3.05) is 53.0 Å². The number of piperazine rings is 1. The van der Waals surface area contributed by atoms with Crippen LogP contribution in [0.1, 0.15) is 34.7 Å². The first kappa shape index (κ1) is 32.6. The van der Waals surface area contributed by atoms with Crippen LogP contribution in [0.4, 0.5) is 4.79 Å². The number of ether oxygens (including phenoxy) is 2. The summed E-state index contributed by atoms with van der Waals surface area (Å²) < 4.78 is 10.9. The molecule has 0 unspecified atom stereocenters. The van der Waals surface area contributed by atoms with Gasteiger partial charge in [-0.3, -0.25) is 9.80 Å². The Bertz CT molecular complexity index is 1480. The highest BCUT2D eigenvalue weighted by atomic mass is 35.5. The fourth-order valence-corrected chi connectivity index (χ4v) is 5.10. The number of halogens is 1. The van der Waals surface area contributed by atoms with E-state index in [-0.39, 0.29) is 19.0 Å². The molecule has 0 bridgehead atoms. The van der Waals surface area contributed by atoms with Crippen LogP contribution in [0.5, 0.6) is 5.75 Å². The second kappa shape index (κ2) is 16.5. The van der Waals surface area contributed by atoms with Gasteiger partial charge in [-0.05, 0) is 47.5 Å². The maximum atomic E-state index is 11.7. The standard InChI is InChI=1S/C34H37ClN4O5/c1-43-32(40)17-13-29-25-26(7-5-6-18-39(36)34(41)42)10-16-31(29)44-24-23-37-19-21-38(22-20-37)33(27-8-3-2-4-9-27)28-11-14-30(35)15-12-28/h2-4,8-17,25,33H,6,18-24,36H2,1H3,(H,41,42)/t33-/m1/s1. The van der Waals surface area contributed by atoms with Crippen molar-refractivity contribution in [3.05, 3.63) is 106 Å². The molecule has 1 fully saturated rings. The van der Waals surface area contributed by atoms with Gasteiger partial charge < -0.3 is 14.6 Å². The molecule has 0 radical (unpaired) electrons. The number of hydrazine groups is 1. The third-order valence-electron chi connectivity index (χ3n) is 7.30. The zero-order valence-corrected chi connectivity index (χ0v) is 25.5. The molecule has 230 valence electrons. The maximum absolute atomic E-state index is 11.7. The first-order valence-electron chi connectivity index (χ1n) is 14.4. The van der Waals surface area contributed by atoms with E-state index >= 15 is 0 Å². The van der Waals surface area contributed by atoms with E-state index < -0.39 is 12.1 Å². The Morgan fingerprint density at radius 1 is 1.05 bits per heavy atom. The summed E-state index contributed by atoms with van der Waals surface area (Å²) in [6, 6.07) is 24.3. The first-order valence-corrected chi connectivity index (χ1v) is 14.8. The Morgan fingerprint density at radius 2 is 1.75 bits per heavy atom. The van der Waals surface area contributed by atoms with Crippen LogP contribution in [0.2, 0.25) is 5.02 Å². The minimum Gasteiger partial charge on any atom is -0.492 e. The largest absolute Gasteiger partial charge is 0.492 e. The fraction of sp³-hybridized carbons (Fsp3) is 0.294. The number of esters is 1. The molecule has 9 nitrogen and oxygen atoms in total. The van der Waals surface area contributed by atoms with Crippen molar-refractivity contribution >= 4 is 29.7 Å². The molecule has 3 N–H and O–H groups in total. The summed E-state index contributed by atoms with van der Waals surface area (Å²) in [6.07, 6.45) is 2.05. The van der Waals surface area contributed by atoms with Gasteiger partial charge in [0, 0.05) is 61.4 Å². The Kier molecular flexibility index (Phi) is 12.2. The molecule has 1 aliphatic rings. The van der Waals surface area contributed by atoms with Crippen LogP contribution in [0, 0.1) is 11.8 Å². The molecule has 4 rings (SSSR count). The van der Waals surface area contributed by atoms with E-state index in [0.717, 1.165) is 37.7 Å². The summed E-state index contributed by atoms with van der Waals surface area (Å²) in [5.74, 6) is 11.5. The van der Waals surface area contributed by atoms with Crippen LogP contribution < -0.4 is 10.6 Å². The van der Waals surface area contributed by atoms with Crippen molar-refractivity contribution in [2.24, 2.45) is 5.84 Å². The number of methoxy groups -OCH3 is 1. The minimum atomic E-state index is -1.21. The lowest BCUT2D eigenvalue weighted by atomic mass is 9.96. The Labute approximate surface area is 263 Å². The van der Waals surface area contributed by atoms with Crippen LogP contribution in [0.25, 0.3) is 6.08 Å². The van der Waals surface area contributed by atoms with E-state index in [1.807, 2.05) is 36.4 Å². The lowest BCUT2D eigenvalue weighted by Gasteiger charge is -2.39. The summed E-state index contributed by atoms with van der Waals surface area (Å²) in [7, 11) is 1.32. The average Bonchev–Trinajstić information content (AvgIpc) is 3.04. The SMILES string of the molecule is COC(=O)C=Cc1cc(C#CCCN(N)C(=O)O)ccc1OCCN1CCN([C@H](c2ccccc2)c2ccc(Cl)cc2)CC1. The predicted octanol–water partition coefficient (Wildman–Crippen LogP) is 4.91. The Morgan fingerprint density at radius 3 is 2.43 bits per heavy atom.